The molecule has 0 aliphatic rings. The molecule has 106 valence electrons. The predicted molar refractivity (Wildman–Crippen MR) is 86.6 cm³/mol. The van der Waals surface area contributed by atoms with Gasteiger partial charge in [-0.15, -0.1) is 11.6 Å². The van der Waals surface area contributed by atoms with E-state index in [9.17, 15) is 0 Å². The van der Waals surface area contributed by atoms with Crippen LogP contribution < -0.4 is 4.74 Å². The van der Waals surface area contributed by atoms with Crippen LogP contribution in [-0.2, 0) is 0 Å². The number of hydrogen-bond acceptors (Lipinski definition) is 1. The Morgan fingerprint density at radius 3 is 1.75 bits per heavy atom. The van der Waals surface area contributed by atoms with Crippen LogP contribution in [-0.4, -0.2) is 7.11 Å². The van der Waals surface area contributed by atoms with E-state index in [-0.39, 0.29) is 5.38 Å². The zero-order chi connectivity index (χ0) is 14.9. The van der Waals surface area contributed by atoms with Crippen LogP contribution in [0.2, 0.25) is 10.0 Å². The van der Waals surface area contributed by atoms with Crippen molar-refractivity contribution >= 4 is 34.8 Å². The highest BCUT2D eigenvalue weighted by atomic mass is 35.5. The fraction of sp³-hybridized carbons (Fsp3) is 0.250. The number of alkyl halides is 1. The Labute approximate surface area is 134 Å². The zero-order valence-electron chi connectivity index (χ0n) is 11.5. The van der Waals surface area contributed by atoms with Gasteiger partial charge in [-0.05, 0) is 54.3 Å². The third-order valence-corrected chi connectivity index (χ3v) is 4.10. The third kappa shape index (κ3) is 3.22. The lowest BCUT2D eigenvalue weighted by Crippen LogP contribution is -1.98. The summed E-state index contributed by atoms with van der Waals surface area (Å²) in [6.07, 6.45) is 0. The van der Waals surface area contributed by atoms with Gasteiger partial charge in [-0.25, -0.2) is 0 Å². The topological polar surface area (TPSA) is 9.23 Å². The Morgan fingerprint density at radius 2 is 1.30 bits per heavy atom. The van der Waals surface area contributed by atoms with E-state index in [1.54, 1.807) is 13.2 Å². The summed E-state index contributed by atoms with van der Waals surface area (Å²) in [5, 5.41) is 0.870. The van der Waals surface area contributed by atoms with Crippen molar-refractivity contribution in [2.75, 3.05) is 7.11 Å². The van der Waals surface area contributed by atoms with Crippen molar-refractivity contribution in [3.8, 4) is 5.75 Å². The number of hydrogen-bond donors (Lipinski definition) is 0. The number of halogens is 3. The van der Waals surface area contributed by atoms with E-state index in [0.717, 1.165) is 28.0 Å². The van der Waals surface area contributed by atoms with Crippen LogP contribution in [0.5, 0.6) is 5.75 Å². The maximum absolute atomic E-state index is 6.56. The van der Waals surface area contributed by atoms with Gasteiger partial charge in [-0.1, -0.05) is 35.3 Å². The Morgan fingerprint density at radius 1 is 0.850 bits per heavy atom. The molecule has 0 N–H and O–H groups in total. The number of ether oxygens (including phenoxy) is 1. The van der Waals surface area contributed by atoms with Crippen molar-refractivity contribution in [2.45, 2.75) is 19.2 Å². The predicted octanol–water partition coefficient (Wildman–Crippen LogP) is 5.95. The lowest BCUT2D eigenvalue weighted by molar-refractivity contribution is 0.408. The summed E-state index contributed by atoms with van der Waals surface area (Å²) < 4.78 is 5.37. The van der Waals surface area contributed by atoms with Gasteiger partial charge in [0.1, 0.15) is 5.75 Å². The first-order chi connectivity index (χ1) is 9.42. The van der Waals surface area contributed by atoms with Gasteiger partial charge in [-0.2, -0.15) is 0 Å². The van der Waals surface area contributed by atoms with E-state index in [4.69, 9.17) is 39.5 Å². The van der Waals surface area contributed by atoms with Gasteiger partial charge in [0, 0.05) is 10.0 Å². The molecule has 2 aromatic rings. The molecule has 20 heavy (non-hydrogen) atoms. The van der Waals surface area contributed by atoms with Gasteiger partial charge >= 0.3 is 0 Å². The number of benzene rings is 2. The van der Waals surface area contributed by atoms with Gasteiger partial charge in [-0.3, -0.25) is 0 Å². The van der Waals surface area contributed by atoms with Crippen molar-refractivity contribution in [3.05, 3.63) is 62.6 Å². The molecule has 2 aromatic carbocycles. The lowest BCUT2D eigenvalue weighted by Gasteiger charge is -2.16. The summed E-state index contributed by atoms with van der Waals surface area (Å²) in [4.78, 5) is 0. The number of aryl methyl sites for hydroxylation is 2. The first-order valence-corrected chi connectivity index (χ1v) is 7.37. The average molecular weight is 330 g/mol. The number of methoxy groups -OCH3 is 1. The molecule has 0 spiro atoms. The van der Waals surface area contributed by atoms with Crippen LogP contribution >= 0.6 is 34.8 Å². The summed E-state index contributed by atoms with van der Waals surface area (Å²) in [5.41, 5.74) is 4.00. The van der Waals surface area contributed by atoms with Crippen molar-refractivity contribution in [1.29, 1.82) is 0 Å². The van der Waals surface area contributed by atoms with Crippen molar-refractivity contribution < 1.29 is 4.74 Å². The highest BCUT2D eigenvalue weighted by Crippen LogP contribution is 2.35. The van der Waals surface area contributed by atoms with E-state index in [1.807, 2.05) is 38.1 Å². The minimum Gasteiger partial charge on any atom is -0.496 e. The van der Waals surface area contributed by atoms with E-state index in [0.29, 0.717) is 10.0 Å². The van der Waals surface area contributed by atoms with Crippen LogP contribution in [0.4, 0.5) is 0 Å². The minimum absolute atomic E-state index is 0.297. The summed E-state index contributed by atoms with van der Waals surface area (Å²) in [5.74, 6) is 0.891. The maximum atomic E-state index is 6.56. The molecule has 0 aliphatic carbocycles. The van der Waals surface area contributed by atoms with Gasteiger partial charge in [0.15, 0.2) is 0 Å². The monoisotopic (exact) mass is 328 g/mol. The fourth-order valence-corrected chi connectivity index (χ4v) is 3.16. The first-order valence-electron chi connectivity index (χ1n) is 6.17. The second-order valence-corrected chi connectivity index (χ2v) is 6.06. The second kappa shape index (κ2) is 6.26. The van der Waals surface area contributed by atoms with Crippen molar-refractivity contribution in [1.82, 2.24) is 0 Å². The van der Waals surface area contributed by atoms with Crippen LogP contribution in [0, 0.1) is 13.8 Å². The molecule has 0 saturated heterocycles. The van der Waals surface area contributed by atoms with Crippen molar-refractivity contribution in [2.24, 2.45) is 0 Å². The van der Waals surface area contributed by atoms with Crippen LogP contribution in [0.25, 0.3) is 0 Å². The maximum Gasteiger partial charge on any atom is 0.124 e. The summed E-state index contributed by atoms with van der Waals surface area (Å²) in [6, 6.07) is 9.41. The second-order valence-electron chi connectivity index (χ2n) is 4.75. The Kier molecular flexibility index (Phi) is 4.85. The van der Waals surface area contributed by atoms with Gasteiger partial charge in [0.25, 0.3) is 0 Å². The van der Waals surface area contributed by atoms with Crippen LogP contribution in [0.15, 0.2) is 30.3 Å². The molecule has 0 saturated carbocycles. The molecule has 4 heteroatoms. The molecule has 1 atom stereocenters. The highest BCUT2D eigenvalue weighted by molar-refractivity contribution is 6.35. The molecule has 0 aliphatic heterocycles. The fourth-order valence-electron chi connectivity index (χ4n) is 2.37. The average Bonchev–Trinajstić information content (AvgIpc) is 2.36. The summed E-state index contributed by atoms with van der Waals surface area (Å²) in [6.45, 7) is 4.01. The quantitative estimate of drug-likeness (QED) is 0.632. The molecule has 0 heterocycles. The molecule has 2 rings (SSSR count). The molecule has 0 radical (unpaired) electrons. The number of rotatable bonds is 3. The summed E-state index contributed by atoms with van der Waals surface area (Å²) in [7, 11) is 1.67. The highest BCUT2D eigenvalue weighted by Gasteiger charge is 2.15. The van der Waals surface area contributed by atoms with E-state index >= 15 is 0 Å². The molecule has 0 bridgehead atoms. The Balaban J connectivity index is 2.45. The lowest BCUT2D eigenvalue weighted by atomic mass is 9.99. The molecule has 0 fully saturated rings. The van der Waals surface area contributed by atoms with Crippen molar-refractivity contribution in [3.63, 3.8) is 0 Å². The Bertz CT molecular complexity index is 594. The molecule has 0 aromatic heterocycles. The van der Waals surface area contributed by atoms with Crippen LogP contribution in [0.1, 0.15) is 27.6 Å². The molecular formula is C16H15Cl3O. The summed E-state index contributed by atoms with van der Waals surface area (Å²) >= 11 is 18.6. The van der Waals surface area contributed by atoms with Gasteiger partial charge in [0.2, 0.25) is 0 Å². The van der Waals surface area contributed by atoms with Gasteiger partial charge in [0.05, 0.1) is 12.5 Å². The first kappa shape index (κ1) is 15.5. The SMILES string of the molecule is COc1c(C)cc(C(Cl)c2cc(Cl)cc(Cl)c2)cc1C. The van der Waals surface area contributed by atoms with Gasteiger partial charge < -0.3 is 4.74 Å². The minimum atomic E-state index is -0.297. The Hall–Kier alpha value is -0.890. The molecule has 1 unspecified atom stereocenters. The third-order valence-electron chi connectivity index (χ3n) is 3.16. The molecule has 0 amide bonds. The smallest absolute Gasteiger partial charge is 0.124 e. The van der Waals surface area contributed by atoms with E-state index in [1.165, 1.54) is 0 Å². The largest absolute Gasteiger partial charge is 0.496 e. The molecule has 1 nitrogen and oxygen atoms in total. The standard InChI is InChI=1S/C16H15Cl3O/c1-9-4-11(5-10(2)16(9)20-3)15(19)12-6-13(17)8-14(18)7-12/h4-8,15H,1-3H3. The van der Waals surface area contributed by atoms with E-state index < -0.39 is 0 Å². The van der Waals surface area contributed by atoms with E-state index in [2.05, 4.69) is 0 Å². The van der Waals surface area contributed by atoms with Crippen LogP contribution in [0.3, 0.4) is 0 Å². The zero-order valence-corrected chi connectivity index (χ0v) is 13.8. The molecular weight excluding hydrogens is 315 g/mol. The normalized spacial score (nSPS) is 12.3.